The lowest BCUT2D eigenvalue weighted by atomic mass is 9.95. The molecule has 0 saturated heterocycles. The number of carbonyl (C=O) groups excluding carboxylic acids is 1. The maximum atomic E-state index is 12.3. The molecule has 6 heteroatoms. The van der Waals surface area contributed by atoms with Crippen molar-refractivity contribution in [3.63, 3.8) is 0 Å². The van der Waals surface area contributed by atoms with Gasteiger partial charge in [0.05, 0.1) is 12.3 Å². The molecule has 0 aliphatic rings. The fraction of sp³-hybridized carbons (Fsp3) is 0.462. The first kappa shape index (κ1) is 23.5. The molecular weight excluding hydrogens is 400 g/mol. The summed E-state index contributed by atoms with van der Waals surface area (Å²) < 4.78 is 7.30. The quantitative estimate of drug-likeness (QED) is 0.303. The van der Waals surface area contributed by atoms with Crippen molar-refractivity contribution >= 4 is 5.78 Å². The summed E-state index contributed by atoms with van der Waals surface area (Å²) in [4.78, 5) is 12.3. The van der Waals surface area contributed by atoms with Gasteiger partial charge in [0.15, 0.2) is 0 Å². The van der Waals surface area contributed by atoms with Gasteiger partial charge in [0.1, 0.15) is 17.2 Å². The van der Waals surface area contributed by atoms with Crippen LogP contribution in [0.2, 0.25) is 0 Å². The predicted molar refractivity (Wildman–Crippen MR) is 125 cm³/mol. The Morgan fingerprint density at radius 1 is 1.09 bits per heavy atom. The molecule has 0 amide bonds. The molecule has 3 rings (SSSR count). The summed E-state index contributed by atoms with van der Waals surface area (Å²) in [5, 5.41) is 17.0. The Bertz CT molecular complexity index is 1030. The van der Waals surface area contributed by atoms with Crippen molar-refractivity contribution < 1.29 is 9.32 Å². The molecule has 0 N–H and O–H groups in total. The fourth-order valence-electron chi connectivity index (χ4n) is 3.81. The third-order valence-electron chi connectivity index (χ3n) is 5.85. The van der Waals surface area contributed by atoms with Gasteiger partial charge >= 0.3 is 0 Å². The van der Waals surface area contributed by atoms with E-state index in [2.05, 4.69) is 28.5 Å². The van der Waals surface area contributed by atoms with Gasteiger partial charge in [0, 0.05) is 55.6 Å². The minimum Gasteiger partial charge on any atom is -0.361 e. The molecule has 0 fully saturated rings. The molecule has 32 heavy (non-hydrogen) atoms. The highest BCUT2D eigenvalue weighted by atomic mass is 16.5. The highest BCUT2D eigenvalue weighted by Crippen LogP contribution is 2.25. The first-order valence-corrected chi connectivity index (χ1v) is 11.5. The lowest BCUT2D eigenvalue weighted by molar-refractivity contribution is -0.122. The van der Waals surface area contributed by atoms with Gasteiger partial charge in [-0.25, -0.2) is 0 Å². The third-order valence-corrected chi connectivity index (χ3v) is 5.85. The number of Topliss-reactive ketones (excluding diaryl/α,β-unsaturated/α-hetero) is 1. The van der Waals surface area contributed by atoms with Gasteiger partial charge in [-0.15, -0.1) is 0 Å². The normalized spacial score (nSPS) is 11.9. The number of nitriles is 1. The zero-order valence-corrected chi connectivity index (χ0v) is 19.1. The van der Waals surface area contributed by atoms with Crippen molar-refractivity contribution in [1.29, 1.82) is 5.26 Å². The molecule has 0 bridgehead atoms. The Kier molecular flexibility index (Phi) is 8.79. The SMILES string of the molecule is C[C@H](CCCCCC#N)C(=O)CCCCc1cc(-c2ccc(-c3cnn(C)c3)cc2)no1. The molecule has 1 atom stereocenters. The van der Waals surface area contributed by atoms with Crippen molar-refractivity contribution in [3.8, 4) is 28.5 Å². The van der Waals surface area contributed by atoms with E-state index in [0.29, 0.717) is 18.6 Å². The Labute approximate surface area is 190 Å². The molecule has 0 radical (unpaired) electrons. The zero-order valence-electron chi connectivity index (χ0n) is 19.1. The van der Waals surface area contributed by atoms with Crippen LogP contribution in [0.25, 0.3) is 22.4 Å². The fourth-order valence-corrected chi connectivity index (χ4v) is 3.81. The van der Waals surface area contributed by atoms with Gasteiger partial charge in [-0.3, -0.25) is 9.48 Å². The van der Waals surface area contributed by atoms with E-state index in [0.717, 1.165) is 73.1 Å². The van der Waals surface area contributed by atoms with E-state index in [1.165, 1.54) is 0 Å². The van der Waals surface area contributed by atoms with E-state index in [1.54, 1.807) is 4.68 Å². The Morgan fingerprint density at radius 3 is 2.59 bits per heavy atom. The number of aryl methyl sites for hydroxylation is 2. The monoisotopic (exact) mass is 432 g/mol. The van der Waals surface area contributed by atoms with E-state index >= 15 is 0 Å². The van der Waals surface area contributed by atoms with E-state index in [-0.39, 0.29) is 5.92 Å². The summed E-state index contributed by atoms with van der Waals surface area (Å²) in [6.45, 7) is 2.02. The van der Waals surface area contributed by atoms with Crippen molar-refractivity contribution in [2.45, 2.75) is 64.7 Å². The lowest BCUT2D eigenvalue weighted by Crippen LogP contribution is -2.10. The number of nitrogens with zero attached hydrogens (tertiary/aromatic N) is 4. The summed E-state index contributed by atoms with van der Waals surface area (Å²) in [5.74, 6) is 1.31. The van der Waals surface area contributed by atoms with Crippen LogP contribution in [0.4, 0.5) is 0 Å². The Hall–Kier alpha value is -3.20. The first-order valence-electron chi connectivity index (χ1n) is 11.5. The number of rotatable bonds is 13. The average Bonchev–Trinajstić information content (AvgIpc) is 3.45. The van der Waals surface area contributed by atoms with Crippen molar-refractivity contribution in [2.24, 2.45) is 13.0 Å². The van der Waals surface area contributed by atoms with Gasteiger partial charge in [-0.2, -0.15) is 10.4 Å². The number of hydrogen-bond acceptors (Lipinski definition) is 5. The minimum absolute atomic E-state index is 0.114. The van der Waals surface area contributed by atoms with E-state index in [9.17, 15) is 4.79 Å². The van der Waals surface area contributed by atoms with Crippen LogP contribution in [0, 0.1) is 17.2 Å². The number of benzene rings is 1. The number of hydrogen-bond donors (Lipinski definition) is 0. The van der Waals surface area contributed by atoms with Crippen LogP contribution in [0.3, 0.4) is 0 Å². The smallest absolute Gasteiger partial charge is 0.137 e. The van der Waals surface area contributed by atoms with Crippen molar-refractivity contribution in [3.05, 3.63) is 48.5 Å². The second kappa shape index (κ2) is 12.0. The Balaban J connectivity index is 1.39. The van der Waals surface area contributed by atoms with Crippen LogP contribution in [0.15, 0.2) is 47.2 Å². The number of carbonyl (C=O) groups is 1. The van der Waals surface area contributed by atoms with Gasteiger partial charge in [-0.05, 0) is 31.2 Å². The Morgan fingerprint density at radius 2 is 1.88 bits per heavy atom. The topological polar surface area (TPSA) is 84.7 Å². The maximum absolute atomic E-state index is 12.3. The second-order valence-corrected chi connectivity index (χ2v) is 8.49. The van der Waals surface area contributed by atoms with E-state index in [1.807, 2.05) is 44.6 Å². The van der Waals surface area contributed by atoms with Crippen LogP contribution >= 0.6 is 0 Å². The number of aromatic nitrogens is 3. The molecule has 0 unspecified atom stereocenters. The standard InChI is InChI=1S/C26H32N4O2/c1-20(9-5-3-4-8-16-27)26(31)11-7-6-10-24-17-25(29-32-24)22-14-12-21(13-15-22)23-18-28-30(2)19-23/h12-15,17-20H,3-11H2,1-2H3/t20-/m1/s1. The summed E-state index contributed by atoms with van der Waals surface area (Å²) in [6, 6.07) is 12.4. The molecule has 0 aliphatic carbocycles. The van der Waals surface area contributed by atoms with E-state index in [4.69, 9.17) is 9.78 Å². The second-order valence-electron chi connectivity index (χ2n) is 8.49. The zero-order chi connectivity index (χ0) is 22.8. The molecule has 0 saturated carbocycles. The van der Waals surface area contributed by atoms with Gasteiger partial charge < -0.3 is 4.52 Å². The average molecular weight is 433 g/mol. The van der Waals surface area contributed by atoms with Gasteiger partial charge in [-0.1, -0.05) is 49.2 Å². The summed E-state index contributed by atoms with van der Waals surface area (Å²) in [7, 11) is 1.91. The molecule has 3 aromatic rings. The summed E-state index contributed by atoms with van der Waals surface area (Å²) in [6.07, 6.45) is 11.6. The molecule has 1 aromatic carbocycles. The number of ketones is 1. The molecule has 0 aliphatic heterocycles. The first-order chi connectivity index (χ1) is 15.6. The third kappa shape index (κ3) is 6.91. The van der Waals surface area contributed by atoms with E-state index < -0.39 is 0 Å². The molecule has 168 valence electrons. The summed E-state index contributed by atoms with van der Waals surface area (Å²) >= 11 is 0. The minimum atomic E-state index is 0.114. The predicted octanol–water partition coefficient (Wildman–Crippen LogP) is 6.13. The van der Waals surface area contributed by atoms with Gasteiger partial charge in [0.2, 0.25) is 0 Å². The maximum Gasteiger partial charge on any atom is 0.137 e. The molecular formula is C26H32N4O2. The highest BCUT2D eigenvalue weighted by Gasteiger charge is 2.13. The van der Waals surface area contributed by atoms with Crippen LogP contribution in [-0.4, -0.2) is 20.7 Å². The largest absolute Gasteiger partial charge is 0.361 e. The van der Waals surface area contributed by atoms with Crippen LogP contribution in [0.1, 0.15) is 64.1 Å². The molecule has 6 nitrogen and oxygen atoms in total. The number of unbranched alkanes of at least 4 members (excludes halogenated alkanes) is 4. The van der Waals surface area contributed by atoms with Crippen LogP contribution in [-0.2, 0) is 18.3 Å². The molecule has 0 spiro atoms. The van der Waals surface area contributed by atoms with Crippen molar-refractivity contribution in [2.75, 3.05) is 0 Å². The van der Waals surface area contributed by atoms with Crippen LogP contribution < -0.4 is 0 Å². The van der Waals surface area contributed by atoms with Crippen LogP contribution in [0.5, 0.6) is 0 Å². The lowest BCUT2D eigenvalue weighted by Gasteiger charge is -2.09. The van der Waals surface area contributed by atoms with Gasteiger partial charge in [0.25, 0.3) is 0 Å². The molecule has 2 heterocycles. The summed E-state index contributed by atoms with van der Waals surface area (Å²) in [5.41, 5.74) is 4.06. The van der Waals surface area contributed by atoms with Crippen molar-refractivity contribution in [1.82, 2.24) is 14.9 Å². The highest BCUT2D eigenvalue weighted by molar-refractivity contribution is 5.80. The molecule has 2 aromatic heterocycles.